The minimum absolute atomic E-state index is 0.0982. The summed E-state index contributed by atoms with van der Waals surface area (Å²) in [4.78, 5) is 13.4. The molecule has 0 aliphatic rings. The van der Waals surface area contributed by atoms with E-state index < -0.39 is 0 Å². The van der Waals surface area contributed by atoms with Crippen LogP contribution in [0, 0.1) is 0 Å². The van der Waals surface area contributed by atoms with Crippen LogP contribution in [0.2, 0.25) is 0 Å². The molecule has 0 unspecified atom stereocenters. The van der Waals surface area contributed by atoms with Gasteiger partial charge in [-0.1, -0.05) is 60.3 Å². The summed E-state index contributed by atoms with van der Waals surface area (Å²) in [5.74, 6) is 0.118. The van der Waals surface area contributed by atoms with Crippen LogP contribution in [-0.2, 0) is 4.79 Å². The van der Waals surface area contributed by atoms with Crippen LogP contribution in [-0.4, -0.2) is 38.1 Å². The molecule has 6 nitrogen and oxygen atoms in total. The van der Waals surface area contributed by atoms with Crippen molar-refractivity contribution >= 4 is 45.9 Å². The highest BCUT2D eigenvalue weighted by Crippen LogP contribution is 2.27. The van der Waals surface area contributed by atoms with Crippen molar-refractivity contribution < 1.29 is 4.79 Å². The van der Waals surface area contributed by atoms with E-state index in [0.717, 1.165) is 27.0 Å². The number of hydrogen-bond donors (Lipinski definition) is 1. The number of thioether (sulfide) groups is 2. The third-order valence-corrected chi connectivity index (χ3v) is 5.86. The number of benzene rings is 3. The summed E-state index contributed by atoms with van der Waals surface area (Å²) in [6.45, 7) is 0. The van der Waals surface area contributed by atoms with Crippen LogP contribution < -0.4 is 5.32 Å². The zero-order valence-corrected chi connectivity index (χ0v) is 16.7. The van der Waals surface area contributed by atoms with Crippen molar-refractivity contribution in [2.45, 2.75) is 10.1 Å². The Morgan fingerprint density at radius 3 is 2.71 bits per heavy atom. The molecular formula is C20H17N5OS2. The number of nitrogens with one attached hydrogen (secondary N) is 1. The van der Waals surface area contributed by atoms with Gasteiger partial charge in [0.1, 0.15) is 0 Å². The Labute approximate surface area is 170 Å². The van der Waals surface area contributed by atoms with E-state index in [9.17, 15) is 4.79 Å². The second kappa shape index (κ2) is 8.45. The van der Waals surface area contributed by atoms with Crippen molar-refractivity contribution in [1.82, 2.24) is 20.2 Å². The first-order chi connectivity index (χ1) is 13.8. The number of carbonyl (C=O) groups is 1. The number of para-hydroxylation sites is 1. The van der Waals surface area contributed by atoms with Crippen molar-refractivity contribution in [3.05, 3.63) is 66.7 Å². The lowest BCUT2D eigenvalue weighted by atomic mass is 10.1. The van der Waals surface area contributed by atoms with Gasteiger partial charge >= 0.3 is 0 Å². The number of rotatable bonds is 6. The van der Waals surface area contributed by atoms with Crippen molar-refractivity contribution in [2.24, 2.45) is 0 Å². The van der Waals surface area contributed by atoms with Crippen LogP contribution in [0.1, 0.15) is 0 Å². The number of amides is 1. The normalized spacial score (nSPS) is 10.9. The molecule has 1 aromatic heterocycles. The highest BCUT2D eigenvalue weighted by Gasteiger charge is 2.14. The molecule has 0 saturated carbocycles. The maximum Gasteiger partial charge on any atom is 0.234 e. The monoisotopic (exact) mass is 407 g/mol. The number of tetrazole rings is 1. The van der Waals surface area contributed by atoms with Gasteiger partial charge in [-0.15, -0.1) is 16.9 Å². The fraction of sp³-hybridized carbons (Fsp3) is 0.100. The molecule has 0 radical (unpaired) electrons. The number of carbonyl (C=O) groups excluding carboxylic acids is 1. The molecule has 0 atom stereocenters. The van der Waals surface area contributed by atoms with Crippen LogP contribution in [0.5, 0.6) is 0 Å². The van der Waals surface area contributed by atoms with E-state index in [0.29, 0.717) is 5.16 Å². The van der Waals surface area contributed by atoms with Gasteiger partial charge in [0.05, 0.1) is 17.1 Å². The zero-order valence-electron chi connectivity index (χ0n) is 15.1. The molecule has 0 saturated heterocycles. The largest absolute Gasteiger partial charge is 0.324 e. The Balaban J connectivity index is 1.51. The van der Waals surface area contributed by atoms with E-state index in [4.69, 9.17) is 0 Å². The second-order valence-electron chi connectivity index (χ2n) is 5.91. The minimum atomic E-state index is -0.0982. The Kier molecular flexibility index (Phi) is 5.59. The van der Waals surface area contributed by atoms with E-state index in [-0.39, 0.29) is 11.7 Å². The predicted molar refractivity (Wildman–Crippen MR) is 114 cm³/mol. The van der Waals surface area contributed by atoms with Crippen LogP contribution in [0.15, 0.2) is 76.8 Å². The first-order valence-corrected chi connectivity index (χ1v) is 10.8. The van der Waals surface area contributed by atoms with Crippen LogP contribution >= 0.6 is 23.5 Å². The summed E-state index contributed by atoms with van der Waals surface area (Å²) in [7, 11) is 0. The van der Waals surface area contributed by atoms with Gasteiger partial charge in [0.15, 0.2) is 0 Å². The standard InChI is InChI=1S/C20H17N5OS2/c1-27-18-12-5-4-10-16(18)21-19(26)13-28-20-22-23-24-25(20)17-11-6-8-14-7-2-3-9-15(14)17/h2-12H,13H2,1H3,(H,21,26). The zero-order chi connectivity index (χ0) is 19.3. The van der Waals surface area contributed by atoms with Crippen molar-refractivity contribution in [3.63, 3.8) is 0 Å². The third-order valence-electron chi connectivity index (χ3n) is 4.15. The lowest BCUT2D eigenvalue weighted by molar-refractivity contribution is -0.113. The first kappa shape index (κ1) is 18.5. The summed E-state index contributed by atoms with van der Waals surface area (Å²) >= 11 is 2.90. The van der Waals surface area contributed by atoms with Crippen LogP contribution in [0.4, 0.5) is 5.69 Å². The molecule has 0 aliphatic heterocycles. The average molecular weight is 408 g/mol. The second-order valence-corrected chi connectivity index (χ2v) is 7.70. The molecule has 140 valence electrons. The summed E-state index contributed by atoms with van der Waals surface area (Å²) < 4.78 is 1.68. The number of hydrogen-bond acceptors (Lipinski definition) is 6. The molecule has 28 heavy (non-hydrogen) atoms. The Morgan fingerprint density at radius 2 is 1.82 bits per heavy atom. The molecule has 0 spiro atoms. The van der Waals surface area contributed by atoms with Gasteiger partial charge in [0.25, 0.3) is 0 Å². The van der Waals surface area contributed by atoms with Gasteiger partial charge in [-0.05, 0) is 40.3 Å². The van der Waals surface area contributed by atoms with Gasteiger partial charge in [0.2, 0.25) is 11.1 Å². The van der Waals surface area contributed by atoms with E-state index in [1.165, 1.54) is 11.8 Å². The van der Waals surface area contributed by atoms with Gasteiger partial charge < -0.3 is 5.32 Å². The molecule has 1 N–H and O–H groups in total. The van der Waals surface area contributed by atoms with E-state index >= 15 is 0 Å². The molecule has 1 heterocycles. The summed E-state index contributed by atoms with van der Waals surface area (Å²) in [6.07, 6.45) is 1.98. The predicted octanol–water partition coefficient (Wildman–Crippen LogP) is 4.27. The summed E-state index contributed by atoms with van der Waals surface area (Å²) in [5, 5.41) is 17.7. The van der Waals surface area contributed by atoms with Gasteiger partial charge in [0, 0.05) is 10.3 Å². The fourth-order valence-corrected chi connectivity index (χ4v) is 4.11. The van der Waals surface area contributed by atoms with E-state index in [1.54, 1.807) is 16.4 Å². The quantitative estimate of drug-likeness (QED) is 0.481. The number of fused-ring (bicyclic) bond motifs is 1. The van der Waals surface area contributed by atoms with Crippen LogP contribution in [0.25, 0.3) is 16.5 Å². The molecule has 4 aromatic rings. The average Bonchev–Trinajstić information content (AvgIpc) is 3.20. The summed E-state index contributed by atoms with van der Waals surface area (Å²) in [6, 6.07) is 21.8. The molecule has 1 amide bonds. The first-order valence-electron chi connectivity index (χ1n) is 8.58. The highest BCUT2D eigenvalue weighted by molar-refractivity contribution is 7.99. The number of nitrogens with zero attached hydrogens (tertiary/aromatic N) is 4. The Morgan fingerprint density at radius 1 is 1.04 bits per heavy atom. The lowest BCUT2D eigenvalue weighted by Crippen LogP contribution is -2.15. The van der Waals surface area contributed by atoms with Gasteiger partial charge in [-0.25, -0.2) is 0 Å². The van der Waals surface area contributed by atoms with Gasteiger partial charge in [-0.3, -0.25) is 4.79 Å². The molecular weight excluding hydrogens is 390 g/mol. The minimum Gasteiger partial charge on any atom is -0.324 e. The maximum atomic E-state index is 12.4. The molecule has 4 rings (SSSR count). The molecule has 0 bridgehead atoms. The smallest absolute Gasteiger partial charge is 0.234 e. The fourth-order valence-electron chi connectivity index (χ4n) is 2.88. The van der Waals surface area contributed by atoms with E-state index in [1.807, 2.05) is 73.0 Å². The number of anilines is 1. The van der Waals surface area contributed by atoms with Crippen molar-refractivity contribution in [1.29, 1.82) is 0 Å². The van der Waals surface area contributed by atoms with Crippen molar-refractivity contribution in [3.8, 4) is 5.69 Å². The lowest BCUT2D eigenvalue weighted by Gasteiger charge is -2.10. The third kappa shape index (κ3) is 3.88. The maximum absolute atomic E-state index is 12.4. The molecule has 0 aliphatic carbocycles. The summed E-state index contributed by atoms with van der Waals surface area (Å²) in [5.41, 5.74) is 1.70. The topological polar surface area (TPSA) is 72.7 Å². The van der Waals surface area contributed by atoms with Crippen molar-refractivity contribution in [2.75, 3.05) is 17.3 Å². The van der Waals surface area contributed by atoms with Gasteiger partial charge in [-0.2, -0.15) is 4.68 Å². The SMILES string of the molecule is CSc1ccccc1NC(=O)CSc1nnnn1-c1cccc2ccccc12. The molecule has 8 heteroatoms. The molecule has 3 aromatic carbocycles. The van der Waals surface area contributed by atoms with Crippen LogP contribution in [0.3, 0.4) is 0 Å². The molecule has 0 fully saturated rings. The van der Waals surface area contributed by atoms with E-state index in [2.05, 4.69) is 20.8 Å². The Hall–Kier alpha value is -2.84. The number of aromatic nitrogens is 4. The highest BCUT2D eigenvalue weighted by atomic mass is 32.2. The Bertz CT molecular complexity index is 1120.